The molecule has 0 amide bonds. The second-order valence-corrected chi connectivity index (χ2v) is 5.31. The molecule has 0 radical (unpaired) electrons. The summed E-state index contributed by atoms with van der Waals surface area (Å²) in [5.41, 5.74) is 1.52. The topological polar surface area (TPSA) is 57.7 Å². The molecule has 1 aromatic heterocycles. The van der Waals surface area contributed by atoms with Crippen LogP contribution in [0.4, 0.5) is 0 Å². The lowest BCUT2D eigenvalue weighted by atomic mass is 10.1. The molecule has 0 spiro atoms. The number of hydrogen-bond donors (Lipinski definition) is 0. The molecule has 5 nitrogen and oxygen atoms in total. The standard InChI is InChI=1S/C20H17NO4/c1-14-9-11-15(12-10-14)20(22)24-17-7-5-6-16(23-2)19(17)25-18-8-3-4-13-21-18/h3-13H,1-2H3. The number of carbonyl (C=O) groups excluding carboxylic acids is 1. The van der Waals surface area contributed by atoms with Gasteiger partial charge in [-0.1, -0.05) is 29.8 Å². The molecule has 0 N–H and O–H groups in total. The molecule has 2 aromatic carbocycles. The summed E-state index contributed by atoms with van der Waals surface area (Å²) in [6, 6.07) is 17.5. The van der Waals surface area contributed by atoms with Gasteiger partial charge >= 0.3 is 5.97 Å². The zero-order valence-corrected chi connectivity index (χ0v) is 13.9. The quantitative estimate of drug-likeness (QED) is 0.510. The Morgan fingerprint density at radius 1 is 0.920 bits per heavy atom. The van der Waals surface area contributed by atoms with E-state index in [9.17, 15) is 4.79 Å². The molecular formula is C20H17NO4. The van der Waals surface area contributed by atoms with Gasteiger partial charge in [0.25, 0.3) is 0 Å². The maximum atomic E-state index is 12.4. The van der Waals surface area contributed by atoms with E-state index in [1.165, 1.54) is 7.11 Å². The number of benzene rings is 2. The molecule has 0 aliphatic carbocycles. The molecule has 126 valence electrons. The van der Waals surface area contributed by atoms with Crippen molar-refractivity contribution >= 4 is 5.97 Å². The van der Waals surface area contributed by atoms with Gasteiger partial charge in [0.05, 0.1) is 12.7 Å². The highest BCUT2D eigenvalue weighted by Crippen LogP contribution is 2.39. The van der Waals surface area contributed by atoms with Gasteiger partial charge in [-0.05, 0) is 37.3 Å². The predicted octanol–water partition coefficient (Wildman–Crippen LogP) is 4.41. The second kappa shape index (κ2) is 7.49. The first-order valence-electron chi connectivity index (χ1n) is 7.72. The van der Waals surface area contributed by atoms with Gasteiger partial charge in [-0.25, -0.2) is 9.78 Å². The van der Waals surface area contributed by atoms with Gasteiger partial charge in [-0.15, -0.1) is 0 Å². The monoisotopic (exact) mass is 335 g/mol. The van der Waals surface area contributed by atoms with Crippen molar-refractivity contribution in [2.45, 2.75) is 6.92 Å². The third-order valence-electron chi connectivity index (χ3n) is 3.50. The molecule has 0 aliphatic rings. The van der Waals surface area contributed by atoms with Gasteiger partial charge in [0.15, 0.2) is 11.5 Å². The Bertz CT molecular complexity index is 861. The van der Waals surface area contributed by atoms with E-state index in [0.29, 0.717) is 22.9 Å². The van der Waals surface area contributed by atoms with Crippen molar-refractivity contribution in [3.8, 4) is 23.1 Å². The van der Waals surface area contributed by atoms with E-state index in [4.69, 9.17) is 14.2 Å². The van der Waals surface area contributed by atoms with Crippen molar-refractivity contribution < 1.29 is 19.0 Å². The van der Waals surface area contributed by atoms with Crippen molar-refractivity contribution in [3.05, 3.63) is 78.0 Å². The Morgan fingerprint density at radius 3 is 2.36 bits per heavy atom. The predicted molar refractivity (Wildman–Crippen MR) is 93.4 cm³/mol. The van der Waals surface area contributed by atoms with Crippen LogP contribution in [-0.4, -0.2) is 18.1 Å². The Hall–Kier alpha value is -3.34. The molecule has 0 unspecified atom stereocenters. The zero-order chi connectivity index (χ0) is 17.6. The average molecular weight is 335 g/mol. The minimum atomic E-state index is -0.473. The molecule has 5 heteroatoms. The molecule has 3 rings (SSSR count). The fourth-order valence-electron chi connectivity index (χ4n) is 2.20. The number of carbonyl (C=O) groups is 1. The lowest BCUT2D eigenvalue weighted by Crippen LogP contribution is -2.09. The lowest BCUT2D eigenvalue weighted by molar-refractivity contribution is 0.0730. The molecule has 0 bridgehead atoms. The van der Waals surface area contributed by atoms with E-state index in [0.717, 1.165) is 5.56 Å². The van der Waals surface area contributed by atoms with Crippen molar-refractivity contribution in [1.29, 1.82) is 0 Å². The number of rotatable bonds is 5. The summed E-state index contributed by atoms with van der Waals surface area (Å²) < 4.78 is 16.6. The fourth-order valence-corrected chi connectivity index (χ4v) is 2.20. The summed E-state index contributed by atoms with van der Waals surface area (Å²) in [7, 11) is 1.52. The maximum absolute atomic E-state index is 12.4. The van der Waals surface area contributed by atoms with Crippen LogP contribution in [0.2, 0.25) is 0 Å². The number of aromatic nitrogens is 1. The first kappa shape index (κ1) is 16.5. The minimum absolute atomic E-state index is 0.260. The van der Waals surface area contributed by atoms with Gasteiger partial charge in [0.2, 0.25) is 11.6 Å². The van der Waals surface area contributed by atoms with Crippen molar-refractivity contribution in [1.82, 2.24) is 4.98 Å². The molecular weight excluding hydrogens is 318 g/mol. The lowest BCUT2D eigenvalue weighted by Gasteiger charge is -2.14. The van der Waals surface area contributed by atoms with Gasteiger partial charge in [-0.3, -0.25) is 0 Å². The van der Waals surface area contributed by atoms with E-state index in [1.807, 2.05) is 19.1 Å². The second-order valence-electron chi connectivity index (χ2n) is 5.31. The van der Waals surface area contributed by atoms with E-state index in [1.54, 1.807) is 54.7 Å². The van der Waals surface area contributed by atoms with Crippen LogP contribution < -0.4 is 14.2 Å². The molecule has 3 aromatic rings. The maximum Gasteiger partial charge on any atom is 0.343 e. The number of nitrogens with zero attached hydrogens (tertiary/aromatic N) is 1. The van der Waals surface area contributed by atoms with Crippen molar-refractivity contribution in [3.63, 3.8) is 0 Å². The summed E-state index contributed by atoms with van der Waals surface area (Å²) in [6.45, 7) is 1.95. The zero-order valence-electron chi connectivity index (χ0n) is 13.9. The fraction of sp³-hybridized carbons (Fsp3) is 0.100. The number of para-hydroxylation sites is 1. The SMILES string of the molecule is COc1cccc(OC(=O)c2ccc(C)cc2)c1Oc1ccccn1. The van der Waals surface area contributed by atoms with Gasteiger partial charge < -0.3 is 14.2 Å². The van der Waals surface area contributed by atoms with Gasteiger partial charge in [0, 0.05) is 12.3 Å². The smallest absolute Gasteiger partial charge is 0.343 e. The van der Waals surface area contributed by atoms with E-state index in [2.05, 4.69) is 4.98 Å². The van der Waals surface area contributed by atoms with Crippen LogP contribution >= 0.6 is 0 Å². The number of hydrogen-bond acceptors (Lipinski definition) is 5. The van der Waals surface area contributed by atoms with Crippen LogP contribution in [0.15, 0.2) is 66.9 Å². The number of esters is 1. The van der Waals surface area contributed by atoms with Crippen LogP contribution in [0, 0.1) is 6.92 Å². The van der Waals surface area contributed by atoms with Crippen LogP contribution in [0.1, 0.15) is 15.9 Å². The molecule has 0 aliphatic heterocycles. The highest BCUT2D eigenvalue weighted by molar-refractivity contribution is 5.91. The van der Waals surface area contributed by atoms with Gasteiger partial charge in [0.1, 0.15) is 0 Å². The molecule has 0 fully saturated rings. The summed E-state index contributed by atoms with van der Waals surface area (Å²) in [5, 5.41) is 0. The van der Waals surface area contributed by atoms with Crippen LogP contribution in [0.5, 0.6) is 23.1 Å². The normalized spacial score (nSPS) is 10.2. The summed E-state index contributed by atoms with van der Waals surface area (Å²) in [6.07, 6.45) is 1.61. The average Bonchev–Trinajstić information content (AvgIpc) is 2.64. The molecule has 1 heterocycles. The molecule has 25 heavy (non-hydrogen) atoms. The van der Waals surface area contributed by atoms with E-state index in [-0.39, 0.29) is 5.75 Å². The number of aryl methyl sites for hydroxylation is 1. The van der Waals surface area contributed by atoms with Crippen LogP contribution in [0.25, 0.3) is 0 Å². The Labute approximate surface area is 145 Å². The van der Waals surface area contributed by atoms with E-state index >= 15 is 0 Å². The minimum Gasteiger partial charge on any atom is -0.493 e. The molecule has 0 saturated heterocycles. The first-order valence-corrected chi connectivity index (χ1v) is 7.72. The number of ether oxygens (including phenoxy) is 3. The molecule has 0 saturated carbocycles. The Balaban J connectivity index is 1.90. The first-order chi connectivity index (χ1) is 12.2. The van der Waals surface area contributed by atoms with Crippen molar-refractivity contribution in [2.24, 2.45) is 0 Å². The van der Waals surface area contributed by atoms with Crippen LogP contribution in [0.3, 0.4) is 0 Å². The number of pyridine rings is 1. The Morgan fingerprint density at radius 2 is 1.68 bits per heavy atom. The van der Waals surface area contributed by atoms with Gasteiger partial charge in [-0.2, -0.15) is 0 Å². The summed E-state index contributed by atoms with van der Waals surface area (Å²) in [5.74, 6) is 0.901. The Kier molecular flexibility index (Phi) is 4.95. The number of methoxy groups -OCH3 is 1. The van der Waals surface area contributed by atoms with Crippen LogP contribution in [-0.2, 0) is 0 Å². The summed E-state index contributed by atoms with van der Waals surface area (Å²) >= 11 is 0. The third-order valence-corrected chi connectivity index (χ3v) is 3.50. The van der Waals surface area contributed by atoms with E-state index < -0.39 is 5.97 Å². The highest BCUT2D eigenvalue weighted by Gasteiger charge is 2.17. The summed E-state index contributed by atoms with van der Waals surface area (Å²) in [4.78, 5) is 16.5. The molecule has 0 atom stereocenters. The third kappa shape index (κ3) is 3.95. The highest BCUT2D eigenvalue weighted by atomic mass is 16.6. The van der Waals surface area contributed by atoms with Crippen molar-refractivity contribution in [2.75, 3.05) is 7.11 Å². The largest absolute Gasteiger partial charge is 0.493 e.